The number of carbonyl (C=O) groups excluding carboxylic acids is 1. The lowest BCUT2D eigenvalue weighted by Gasteiger charge is -2.12. The fourth-order valence-electron chi connectivity index (χ4n) is 4.21. The third kappa shape index (κ3) is 5.95. The molecule has 2 aromatic heterocycles. The molecule has 0 spiro atoms. The molecule has 0 fully saturated rings. The molecule has 1 aliphatic carbocycles. The van der Waals surface area contributed by atoms with Crippen LogP contribution >= 0.6 is 11.3 Å². The van der Waals surface area contributed by atoms with Gasteiger partial charge in [0, 0.05) is 23.2 Å². The molecule has 8 nitrogen and oxygen atoms in total. The second kappa shape index (κ2) is 11.2. The summed E-state index contributed by atoms with van der Waals surface area (Å²) in [5.41, 5.74) is 3.57. The van der Waals surface area contributed by atoms with E-state index in [9.17, 15) is 14.9 Å². The highest BCUT2D eigenvalue weighted by Crippen LogP contribution is 2.40. The number of ether oxygens (including phenoxy) is 1. The number of amides is 1. The van der Waals surface area contributed by atoms with Crippen LogP contribution in [0.2, 0.25) is 0 Å². The molecular weight excluding hydrogens is 490 g/mol. The number of nitro groups is 1. The fraction of sp³-hybridized carbons (Fsp3) is 0.214. The third-order valence-corrected chi connectivity index (χ3v) is 7.35. The van der Waals surface area contributed by atoms with Crippen molar-refractivity contribution in [1.82, 2.24) is 5.32 Å². The van der Waals surface area contributed by atoms with E-state index in [4.69, 9.17) is 14.1 Å². The Kier molecular flexibility index (Phi) is 7.41. The number of nitrogens with zero attached hydrogens (tertiary/aromatic N) is 2. The molecule has 5 rings (SSSR count). The Morgan fingerprint density at radius 2 is 1.89 bits per heavy atom. The molecule has 4 aromatic rings. The molecule has 37 heavy (non-hydrogen) atoms. The average molecular weight is 516 g/mol. The van der Waals surface area contributed by atoms with Gasteiger partial charge in [0.1, 0.15) is 23.1 Å². The van der Waals surface area contributed by atoms with Gasteiger partial charge in [0.2, 0.25) is 0 Å². The molecule has 1 amide bonds. The molecule has 0 radical (unpaired) electrons. The van der Waals surface area contributed by atoms with Crippen molar-refractivity contribution in [3.8, 4) is 5.75 Å². The molecular formula is C28H25N3O5S. The van der Waals surface area contributed by atoms with Gasteiger partial charge in [-0.1, -0.05) is 0 Å². The van der Waals surface area contributed by atoms with E-state index in [1.807, 2.05) is 30.3 Å². The maximum Gasteiger partial charge on any atom is 0.269 e. The van der Waals surface area contributed by atoms with Gasteiger partial charge in [-0.2, -0.15) is 0 Å². The molecule has 2 heterocycles. The van der Waals surface area contributed by atoms with E-state index in [1.54, 1.807) is 42.0 Å². The van der Waals surface area contributed by atoms with Crippen LogP contribution in [0.4, 0.5) is 10.7 Å². The zero-order valence-electron chi connectivity index (χ0n) is 20.0. The summed E-state index contributed by atoms with van der Waals surface area (Å²) in [7, 11) is 0. The van der Waals surface area contributed by atoms with Crippen molar-refractivity contribution in [1.29, 1.82) is 0 Å². The number of carbonyl (C=O) groups is 1. The van der Waals surface area contributed by atoms with Crippen molar-refractivity contribution in [2.45, 2.75) is 38.8 Å². The van der Waals surface area contributed by atoms with Crippen molar-refractivity contribution >= 4 is 34.1 Å². The van der Waals surface area contributed by atoms with Crippen LogP contribution < -0.4 is 10.1 Å². The number of nitro benzene ring substituents is 1. The van der Waals surface area contributed by atoms with Crippen molar-refractivity contribution in [3.05, 3.63) is 110 Å². The van der Waals surface area contributed by atoms with Gasteiger partial charge in [-0.25, -0.2) is 4.99 Å². The van der Waals surface area contributed by atoms with Crippen LogP contribution in [-0.4, -0.2) is 17.0 Å². The minimum Gasteiger partial charge on any atom is -0.489 e. The second-order valence-corrected chi connectivity index (χ2v) is 9.78. The first-order valence-corrected chi connectivity index (χ1v) is 12.8. The van der Waals surface area contributed by atoms with Crippen LogP contribution in [0.15, 0.2) is 76.3 Å². The molecule has 0 atom stereocenters. The monoisotopic (exact) mass is 515 g/mol. The number of thiophene rings is 1. The molecule has 1 aliphatic rings. The summed E-state index contributed by atoms with van der Waals surface area (Å²) in [6, 6.07) is 17.4. The van der Waals surface area contributed by atoms with E-state index in [0.29, 0.717) is 30.2 Å². The maximum absolute atomic E-state index is 13.1. The molecule has 0 saturated carbocycles. The van der Waals surface area contributed by atoms with Crippen LogP contribution in [0.1, 0.15) is 50.5 Å². The lowest BCUT2D eigenvalue weighted by Crippen LogP contribution is -2.23. The van der Waals surface area contributed by atoms with Crippen LogP contribution in [0.3, 0.4) is 0 Å². The van der Waals surface area contributed by atoms with E-state index in [-0.39, 0.29) is 11.6 Å². The smallest absolute Gasteiger partial charge is 0.269 e. The van der Waals surface area contributed by atoms with Crippen LogP contribution in [0.5, 0.6) is 5.75 Å². The zero-order valence-corrected chi connectivity index (χ0v) is 20.8. The first-order chi connectivity index (χ1) is 18.1. The number of aryl methyl sites for hydroxylation is 1. The zero-order chi connectivity index (χ0) is 25.6. The molecule has 2 aromatic carbocycles. The third-order valence-electron chi connectivity index (χ3n) is 6.15. The molecule has 0 bridgehead atoms. The van der Waals surface area contributed by atoms with Crippen molar-refractivity contribution in [2.75, 3.05) is 0 Å². The van der Waals surface area contributed by atoms with Crippen LogP contribution in [-0.2, 0) is 26.0 Å². The predicted molar refractivity (Wildman–Crippen MR) is 142 cm³/mol. The van der Waals surface area contributed by atoms with E-state index in [1.165, 1.54) is 17.0 Å². The highest BCUT2D eigenvalue weighted by atomic mass is 32.1. The Morgan fingerprint density at radius 3 is 2.62 bits per heavy atom. The number of nitrogens with one attached hydrogen (secondary N) is 1. The van der Waals surface area contributed by atoms with Gasteiger partial charge in [0.15, 0.2) is 0 Å². The summed E-state index contributed by atoms with van der Waals surface area (Å²) < 4.78 is 11.1. The van der Waals surface area contributed by atoms with Crippen LogP contribution in [0, 0.1) is 10.1 Å². The number of rotatable bonds is 9. The SMILES string of the molecule is O=C(NCc1ccco1)c1c(N=Cc2ccc(OCc3ccc([N+](=O)[O-])cc3)cc2)sc2c1CCCC2. The quantitative estimate of drug-likeness (QED) is 0.158. The number of hydrogen-bond donors (Lipinski definition) is 1. The summed E-state index contributed by atoms with van der Waals surface area (Å²) in [6.07, 6.45) is 7.44. The highest BCUT2D eigenvalue weighted by Gasteiger charge is 2.25. The van der Waals surface area contributed by atoms with E-state index >= 15 is 0 Å². The average Bonchev–Trinajstić information content (AvgIpc) is 3.58. The number of aliphatic imine (C=N–C) groups is 1. The topological polar surface area (TPSA) is 107 Å². The van der Waals surface area contributed by atoms with E-state index in [0.717, 1.165) is 47.4 Å². The van der Waals surface area contributed by atoms with Crippen molar-refractivity contribution in [3.63, 3.8) is 0 Å². The number of non-ortho nitro benzene ring substituents is 1. The lowest BCUT2D eigenvalue weighted by atomic mass is 9.95. The predicted octanol–water partition coefficient (Wildman–Crippen LogP) is 6.39. The number of benzene rings is 2. The van der Waals surface area contributed by atoms with Gasteiger partial charge in [-0.3, -0.25) is 14.9 Å². The van der Waals surface area contributed by atoms with Gasteiger partial charge in [0.25, 0.3) is 11.6 Å². The summed E-state index contributed by atoms with van der Waals surface area (Å²) in [6.45, 7) is 0.642. The minimum absolute atomic E-state index is 0.0529. The Balaban J connectivity index is 1.26. The summed E-state index contributed by atoms with van der Waals surface area (Å²) in [5, 5.41) is 14.5. The standard InChI is InChI=1S/C28H25N3O5S/c32-27(29-17-23-4-3-15-35-23)26-24-5-1-2-6-25(24)37-28(26)30-16-19-9-13-22(14-10-19)36-18-20-7-11-21(12-8-20)31(33)34/h3-4,7-16H,1-2,5-6,17-18H2,(H,29,32). The van der Waals surface area contributed by atoms with E-state index < -0.39 is 4.92 Å². The number of hydrogen-bond acceptors (Lipinski definition) is 7. The Hall–Kier alpha value is -4.24. The van der Waals surface area contributed by atoms with Crippen molar-refractivity contribution in [2.24, 2.45) is 4.99 Å². The van der Waals surface area contributed by atoms with Gasteiger partial charge < -0.3 is 14.5 Å². The first-order valence-electron chi connectivity index (χ1n) is 12.0. The fourth-order valence-corrected chi connectivity index (χ4v) is 5.44. The molecule has 9 heteroatoms. The largest absolute Gasteiger partial charge is 0.489 e. The first kappa shape index (κ1) is 24.5. The molecule has 188 valence electrons. The lowest BCUT2D eigenvalue weighted by molar-refractivity contribution is -0.384. The minimum atomic E-state index is -0.424. The molecule has 0 aliphatic heterocycles. The van der Waals surface area contributed by atoms with Crippen molar-refractivity contribution < 1.29 is 18.9 Å². The second-order valence-electron chi connectivity index (χ2n) is 8.69. The summed E-state index contributed by atoms with van der Waals surface area (Å²) >= 11 is 1.60. The van der Waals surface area contributed by atoms with Crippen LogP contribution in [0.25, 0.3) is 0 Å². The highest BCUT2D eigenvalue weighted by molar-refractivity contribution is 7.16. The Labute approximate surface area is 217 Å². The molecule has 0 saturated heterocycles. The van der Waals surface area contributed by atoms with Gasteiger partial charge in [0.05, 0.1) is 23.3 Å². The van der Waals surface area contributed by atoms with Gasteiger partial charge in [-0.15, -0.1) is 11.3 Å². The maximum atomic E-state index is 13.1. The number of furan rings is 1. The summed E-state index contributed by atoms with van der Waals surface area (Å²) in [5.74, 6) is 1.26. The Morgan fingerprint density at radius 1 is 1.11 bits per heavy atom. The Bertz CT molecular complexity index is 1410. The van der Waals surface area contributed by atoms with E-state index in [2.05, 4.69) is 5.32 Å². The molecule has 1 N–H and O–H groups in total. The normalized spacial score (nSPS) is 12.9. The summed E-state index contributed by atoms with van der Waals surface area (Å²) in [4.78, 5) is 29.4. The van der Waals surface area contributed by atoms with Gasteiger partial charge in [-0.05, 0) is 90.9 Å². The van der Waals surface area contributed by atoms with Gasteiger partial charge >= 0.3 is 0 Å². The number of fused-ring (bicyclic) bond motifs is 1. The molecule has 0 unspecified atom stereocenters.